The molecule has 0 aromatic rings. The highest BCUT2D eigenvalue weighted by Crippen LogP contribution is 2.35. The molecule has 0 amide bonds. The zero-order chi connectivity index (χ0) is 18.7. The fraction of sp³-hybridized carbons (Fsp3) is 0.500. The van der Waals surface area contributed by atoms with Crippen LogP contribution in [0.1, 0.15) is 40.5 Å². The van der Waals surface area contributed by atoms with E-state index in [1.807, 2.05) is 26.0 Å². The summed E-state index contributed by atoms with van der Waals surface area (Å²) in [7, 11) is 0. The summed E-state index contributed by atoms with van der Waals surface area (Å²) in [4.78, 5) is 24.2. The highest BCUT2D eigenvalue weighted by molar-refractivity contribution is 5.91. The third kappa shape index (κ3) is 4.10. The van der Waals surface area contributed by atoms with Crippen LogP contribution < -0.4 is 0 Å². The van der Waals surface area contributed by atoms with Gasteiger partial charge in [0.1, 0.15) is 18.3 Å². The first-order chi connectivity index (χ1) is 11.8. The lowest BCUT2D eigenvalue weighted by Gasteiger charge is -2.30. The van der Waals surface area contributed by atoms with E-state index < -0.39 is 36.2 Å². The summed E-state index contributed by atoms with van der Waals surface area (Å²) in [5.74, 6) is -1.66. The van der Waals surface area contributed by atoms with E-state index in [2.05, 4.69) is 6.58 Å². The third-order valence-corrected chi connectivity index (χ3v) is 4.83. The molecular formula is C20H26O5. The molecule has 1 saturated heterocycles. The lowest BCUT2D eigenvalue weighted by Crippen LogP contribution is -2.41. The Hall–Kier alpha value is -2.14. The fourth-order valence-electron chi connectivity index (χ4n) is 3.10. The molecule has 2 aliphatic rings. The zero-order valence-corrected chi connectivity index (χ0v) is 15.2. The second-order valence-corrected chi connectivity index (χ2v) is 6.71. The molecule has 5 nitrogen and oxygen atoms in total. The number of ether oxygens (including phenoxy) is 2. The molecule has 1 fully saturated rings. The molecule has 2 rings (SSSR count). The predicted octanol–water partition coefficient (Wildman–Crippen LogP) is 3.01. The average molecular weight is 346 g/mol. The van der Waals surface area contributed by atoms with Crippen LogP contribution >= 0.6 is 0 Å². The van der Waals surface area contributed by atoms with Crippen LogP contribution in [0.4, 0.5) is 0 Å². The standard InChI is InChI=1S/C20H26O5/c1-6-12(3)19(22)25-18-13(4)9-7-8-11(2)10-15-16(17(18)21)14(5)20(23)24-15/h6,9-10,15-18,21H,5,7-8H2,1-4H3/b11-10+,12-6+,13-9?/t15-,16-,17+,18+/m0/s1. The van der Waals surface area contributed by atoms with E-state index in [1.54, 1.807) is 19.9 Å². The lowest BCUT2D eigenvalue weighted by atomic mass is 9.84. The van der Waals surface area contributed by atoms with Gasteiger partial charge in [0.15, 0.2) is 0 Å². The number of fused-ring (bicyclic) bond motifs is 1. The van der Waals surface area contributed by atoms with Crippen molar-refractivity contribution in [2.75, 3.05) is 0 Å². The van der Waals surface area contributed by atoms with Crippen LogP contribution in [0, 0.1) is 5.92 Å². The summed E-state index contributed by atoms with van der Waals surface area (Å²) >= 11 is 0. The Balaban J connectivity index is 2.40. The van der Waals surface area contributed by atoms with Crippen molar-refractivity contribution >= 4 is 11.9 Å². The number of hydrogen-bond donors (Lipinski definition) is 1. The SMILES string of the molecule is C=C1C(=O)O[C@H]2/C=C(\C)CCC=C(C)[C@@H](OC(=O)/C(C)=C/C)[C@H](O)[C@@H]12. The number of carbonyl (C=O) groups is 2. The van der Waals surface area contributed by atoms with Gasteiger partial charge in [0.25, 0.3) is 0 Å². The van der Waals surface area contributed by atoms with Crippen LogP contribution in [0.25, 0.3) is 0 Å². The van der Waals surface area contributed by atoms with E-state index in [9.17, 15) is 14.7 Å². The minimum atomic E-state index is -1.11. The molecule has 25 heavy (non-hydrogen) atoms. The summed E-state index contributed by atoms with van der Waals surface area (Å²) in [5, 5.41) is 10.9. The molecule has 1 aliphatic heterocycles. The van der Waals surface area contributed by atoms with Crippen LogP contribution in [-0.2, 0) is 19.1 Å². The first-order valence-electron chi connectivity index (χ1n) is 8.52. The number of rotatable bonds is 2. The van der Waals surface area contributed by atoms with Crippen LogP contribution in [0.15, 0.2) is 47.1 Å². The van der Waals surface area contributed by atoms with Gasteiger partial charge in [-0.2, -0.15) is 0 Å². The van der Waals surface area contributed by atoms with Gasteiger partial charge in [-0.25, -0.2) is 9.59 Å². The molecule has 0 aromatic heterocycles. The van der Waals surface area contributed by atoms with Crippen molar-refractivity contribution in [2.45, 2.75) is 58.8 Å². The maximum Gasteiger partial charge on any atom is 0.334 e. The van der Waals surface area contributed by atoms with Gasteiger partial charge in [-0.15, -0.1) is 0 Å². The molecule has 1 heterocycles. The molecule has 136 valence electrons. The van der Waals surface area contributed by atoms with E-state index in [0.29, 0.717) is 5.57 Å². The van der Waals surface area contributed by atoms with Gasteiger partial charge >= 0.3 is 11.9 Å². The third-order valence-electron chi connectivity index (χ3n) is 4.83. The van der Waals surface area contributed by atoms with Gasteiger partial charge in [-0.3, -0.25) is 0 Å². The molecule has 0 spiro atoms. The summed E-state index contributed by atoms with van der Waals surface area (Å²) < 4.78 is 10.9. The number of esters is 2. The van der Waals surface area contributed by atoms with Crippen molar-refractivity contribution in [1.29, 1.82) is 0 Å². The van der Waals surface area contributed by atoms with E-state index in [1.165, 1.54) is 0 Å². The summed E-state index contributed by atoms with van der Waals surface area (Å²) in [6.07, 6.45) is 4.47. The highest BCUT2D eigenvalue weighted by atomic mass is 16.6. The highest BCUT2D eigenvalue weighted by Gasteiger charge is 2.46. The van der Waals surface area contributed by atoms with Crippen molar-refractivity contribution in [1.82, 2.24) is 0 Å². The molecule has 0 aromatic carbocycles. The molecule has 5 heteroatoms. The van der Waals surface area contributed by atoms with Gasteiger partial charge in [0.2, 0.25) is 0 Å². The number of aliphatic hydroxyl groups excluding tert-OH is 1. The van der Waals surface area contributed by atoms with E-state index in [0.717, 1.165) is 24.0 Å². The molecular weight excluding hydrogens is 320 g/mol. The molecule has 0 unspecified atom stereocenters. The van der Waals surface area contributed by atoms with Crippen LogP contribution in [-0.4, -0.2) is 35.4 Å². The average Bonchev–Trinajstić information content (AvgIpc) is 2.84. The lowest BCUT2D eigenvalue weighted by molar-refractivity contribution is -0.150. The van der Waals surface area contributed by atoms with Gasteiger partial charge in [0.05, 0.1) is 5.92 Å². The first-order valence-corrected chi connectivity index (χ1v) is 8.52. The van der Waals surface area contributed by atoms with Crippen molar-refractivity contribution in [3.8, 4) is 0 Å². The Kier molecular flexibility index (Phi) is 6.01. The minimum absolute atomic E-state index is 0.207. The maximum atomic E-state index is 12.2. The van der Waals surface area contributed by atoms with Gasteiger partial charge in [0, 0.05) is 11.1 Å². The largest absolute Gasteiger partial charge is 0.454 e. The zero-order valence-electron chi connectivity index (χ0n) is 15.2. The first kappa shape index (κ1) is 19.2. The number of aliphatic hydroxyl groups is 1. The Morgan fingerprint density at radius 3 is 2.76 bits per heavy atom. The maximum absolute atomic E-state index is 12.2. The van der Waals surface area contributed by atoms with Crippen LogP contribution in [0.3, 0.4) is 0 Å². The quantitative estimate of drug-likeness (QED) is 0.473. The summed E-state index contributed by atoms with van der Waals surface area (Å²) in [5.41, 5.74) is 2.50. The van der Waals surface area contributed by atoms with Crippen molar-refractivity contribution < 1.29 is 24.2 Å². The number of hydrogen-bond acceptors (Lipinski definition) is 5. The molecule has 0 radical (unpaired) electrons. The Bertz CT molecular complexity index is 668. The van der Waals surface area contributed by atoms with Crippen LogP contribution in [0.5, 0.6) is 0 Å². The van der Waals surface area contributed by atoms with Gasteiger partial charge < -0.3 is 14.6 Å². The summed E-state index contributed by atoms with van der Waals surface area (Å²) in [6.45, 7) is 11.0. The van der Waals surface area contributed by atoms with E-state index in [-0.39, 0.29) is 5.57 Å². The van der Waals surface area contributed by atoms with Crippen LogP contribution in [0.2, 0.25) is 0 Å². The molecule has 4 atom stereocenters. The monoisotopic (exact) mass is 346 g/mol. The smallest absolute Gasteiger partial charge is 0.334 e. The molecule has 1 aliphatic carbocycles. The Morgan fingerprint density at radius 2 is 2.12 bits per heavy atom. The topological polar surface area (TPSA) is 72.8 Å². The number of carbonyl (C=O) groups excluding carboxylic acids is 2. The number of allylic oxidation sites excluding steroid dienone is 3. The fourth-order valence-corrected chi connectivity index (χ4v) is 3.10. The summed E-state index contributed by atoms with van der Waals surface area (Å²) in [6, 6.07) is 0. The van der Waals surface area contributed by atoms with Gasteiger partial charge in [-0.1, -0.05) is 24.3 Å². The van der Waals surface area contributed by atoms with Crippen molar-refractivity contribution in [3.63, 3.8) is 0 Å². The van der Waals surface area contributed by atoms with Crippen molar-refractivity contribution in [2.24, 2.45) is 5.92 Å². The van der Waals surface area contributed by atoms with E-state index >= 15 is 0 Å². The normalized spacial score (nSPS) is 32.9. The second kappa shape index (κ2) is 7.83. The Labute approximate surface area is 148 Å². The predicted molar refractivity (Wildman–Crippen MR) is 94.6 cm³/mol. The Morgan fingerprint density at radius 1 is 1.44 bits per heavy atom. The van der Waals surface area contributed by atoms with Gasteiger partial charge in [-0.05, 0) is 52.2 Å². The van der Waals surface area contributed by atoms with E-state index in [4.69, 9.17) is 9.47 Å². The van der Waals surface area contributed by atoms with Crippen molar-refractivity contribution in [3.05, 3.63) is 47.1 Å². The molecule has 0 bridgehead atoms. The minimum Gasteiger partial charge on any atom is -0.454 e. The molecule has 0 saturated carbocycles. The second-order valence-electron chi connectivity index (χ2n) is 6.71. The molecule has 1 N–H and O–H groups in total.